The van der Waals surface area contributed by atoms with E-state index < -0.39 is 0 Å². The second-order valence-electron chi connectivity index (χ2n) is 5.41. The van der Waals surface area contributed by atoms with Crippen molar-refractivity contribution in [3.63, 3.8) is 0 Å². The topological polar surface area (TPSA) is 41.6 Å². The Morgan fingerprint density at radius 2 is 2.26 bits per heavy atom. The van der Waals surface area contributed by atoms with Crippen molar-refractivity contribution in [2.45, 2.75) is 18.9 Å². The SMILES string of the molecule is CN1C(=O)CC(NCC2CCOC2)c2ccccc21. The van der Waals surface area contributed by atoms with E-state index in [1.807, 2.05) is 25.2 Å². The van der Waals surface area contributed by atoms with Gasteiger partial charge in [0.1, 0.15) is 0 Å². The maximum atomic E-state index is 12.0. The van der Waals surface area contributed by atoms with Gasteiger partial charge in [0.25, 0.3) is 0 Å². The zero-order chi connectivity index (χ0) is 13.2. The molecule has 2 aliphatic rings. The van der Waals surface area contributed by atoms with Gasteiger partial charge < -0.3 is 15.0 Å². The minimum atomic E-state index is 0.139. The van der Waals surface area contributed by atoms with Gasteiger partial charge in [-0.25, -0.2) is 0 Å². The van der Waals surface area contributed by atoms with Crippen molar-refractivity contribution in [2.75, 3.05) is 31.7 Å². The number of amides is 1. The number of hydrogen-bond donors (Lipinski definition) is 1. The standard InChI is InChI=1S/C15H20N2O2/c1-17-14-5-3-2-4-12(14)13(8-15(17)18)16-9-11-6-7-19-10-11/h2-5,11,13,16H,6-10H2,1H3. The second kappa shape index (κ2) is 5.31. The first-order valence-corrected chi connectivity index (χ1v) is 6.92. The van der Waals surface area contributed by atoms with E-state index in [0.29, 0.717) is 12.3 Å². The van der Waals surface area contributed by atoms with Gasteiger partial charge in [-0.2, -0.15) is 0 Å². The first-order valence-electron chi connectivity index (χ1n) is 6.92. The minimum absolute atomic E-state index is 0.139. The van der Waals surface area contributed by atoms with E-state index in [2.05, 4.69) is 11.4 Å². The molecular weight excluding hydrogens is 240 g/mol. The van der Waals surface area contributed by atoms with Gasteiger partial charge >= 0.3 is 0 Å². The molecule has 2 atom stereocenters. The van der Waals surface area contributed by atoms with Crippen LogP contribution in [0.3, 0.4) is 0 Å². The third-order valence-corrected chi connectivity index (χ3v) is 4.10. The average Bonchev–Trinajstić information content (AvgIpc) is 2.95. The molecule has 4 nitrogen and oxygen atoms in total. The molecule has 0 aliphatic carbocycles. The van der Waals surface area contributed by atoms with Gasteiger partial charge in [0.05, 0.1) is 6.61 Å². The number of carbonyl (C=O) groups excluding carboxylic acids is 1. The van der Waals surface area contributed by atoms with Gasteiger partial charge in [-0.1, -0.05) is 18.2 Å². The monoisotopic (exact) mass is 260 g/mol. The van der Waals surface area contributed by atoms with Crippen LogP contribution >= 0.6 is 0 Å². The summed E-state index contributed by atoms with van der Waals surface area (Å²) in [6, 6.07) is 8.28. The molecular formula is C15H20N2O2. The van der Waals surface area contributed by atoms with Gasteiger partial charge in [-0.15, -0.1) is 0 Å². The first kappa shape index (κ1) is 12.6. The fraction of sp³-hybridized carbons (Fsp3) is 0.533. The largest absolute Gasteiger partial charge is 0.381 e. The number of nitrogens with zero attached hydrogens (tertiary/aromatic N) is 1. The number of para-hydroxylation sites is 1. The quantitative estimate of drug-likeness (QED) is 0.899. The van der Waals surface area contributed by atoms with E-state index in [9.17, 15) is 4.79 Å². The third-order valence-electron chi connectivity index (χ3n) is 4.10. The molecule has 4 heteroatoms. The van der Waals surface area contributed by atoms with E-state index in [4.69, 9.17) is 4.74 Å². The van der Waals surface area contributed by atoms with E-state index >= 15 is 0 Å². The zero-order valence-corrected chi connectivity index (χ0v) is 11.3. The number of anilines is 1. The highest BCUT2D eigenvalue weighted by Gasteiger charge is 2.29. The molecule has 0 radical (unpaired) electrons. The Morgan fingerprint density at radius 3 is 3.05 bits per heavy atom. The lowest BCUT2D eigenvalue weighted by molar-refractivity contribution is -0.119. The molecule has 1 aromatic rings. The molecule has 1 aromatic carbocycles. The lowest BCUT2D eigenvalue weighted by atomic mass is 9.95. The Bertz CT molecular complexity index is 469. The molecule has 0 aromatic heterocycles. The van der Waals surface area contributed by atoms with Crippen molar-refractivity contribution in [3.05, 3.63) is 29.8 Å². The second-order valence-corrected chi connectivity index (χ2v) is 5.41. The minimum Gasteiger partial charge on any atom is -0.381 e. The van der Waals surface area contributed by atoms with Gasteiger partial charge in [0.2, 0.25) is 5.91 Å². The highest BCUT2D eigenvalue weighted by atomic mass is 16.5. The molecule has 0 spiro atoms. The average molecular weight is 260 g/mol. The summed E-state index contributed by atoms with van der Waals surface area (Å²) in [6.45, 7) is 2.64. The van der Waals surface area contributed by atoms with Crippen molar-refractivity contribution in [3.8, 4) is 0 Å². The van der Waals surface area contributed by atoms with Crippen molar-refractivity contribution in [2.24, 2.45) is 5.92 Å². The molecule has 1 N–H and O–H groups in total. The van der Waals surface area contributed by atoms with Crippen LogP contribution in [-0.2, 0) is 9.53 Å². The summed E-state index contributed by atoms with van der Waals surface area (Å²) in [5.41, 5.74) is 2.25. The van der Waals surface area contributed by atoms with E-state index in [1.54, 1.807) is 4.90 Å². The van der Waals surface area contributed by atoms with E-state index in [-0.39, 0.29) is 11.9 Å². The summed E-state index contributed by atoms with van der Waals surface area (Å²) < 4.78 is 5.39. The molecule has 2 heterocycles. The van der Waals surface area contributed by atoms with Crippen molar-refractivity contribution in [1.82, 2.24) is 5.32 Å². The Kier molecular flexibility index (Phi) is 3.53. The van der Waals surface area contributed by atoms with Crippen molar-refractivity contribution in [1.29, 1.82) is 0 Å². The predicted molar refractivity (Wildman–Crippen MR) is 74.1 cm³/mol. The fourth-order valence-corrected chi connectivity index (χ4v) is 2.88. The van der Waals surface area contributed by atoms with Crippen LogP contribution in [0.1, 0.15) is 24.4 Å². The van der Waals surface area contributed by atoms with Crippen molar-refractivity contribution >= 4 is 11.6 Å². The number of fused-ring (bicyclic) bond motifs is 1. The normalized spacial score (nSPS) is 26.6. The lowest BCUT2D eigenvalue weighted by Gasteiger charge is -2.32. The Balaban J connectivity index is 1.74. The van der Waals surface area contributed by atoms with Gasteiger partial charge in [0, 0.05) is 38.3 Å². The summed E-state index contributed by atoms with van der Waals surface area (Å²) in [5, 5.41) is 3.54. The summed E-state index contributed by atoms with van der Waals surface area (Å²) in [4.78, 5) is 13.8. The fourth-order valence-electron chi connectivity index (χ4n) is 2.88. The van der Waals surface area contributed by atoms with E-state index in [0.717, 1.165) is 31.9 Å². The Labute approximate surface area is 113 Å². The number of hydrogen-bond acceptors (Lipinski definition) is 3. The molecule has 3 rings (SSSR count). The number of rotatable bonds is 3. The first-order chi connectivity index (χ1) is 9.25. The van der Waals surface area contributed by atoms with Crippen LogP contribution in [0.2, 0.25) is 0 Å². The molecule has 2 unspecified atom stereocenters. The summed E-state index contributed by atoms with van der Waals surface area (Å²) >= 11 is 0. The van der Waals surface area contributed by atoms with Gasteiger partial charge in [0.15, 0.2) is 0 Å². The van der Waals surface area contributed by atoms with Crippen LogP contribution in [0.4, 0.5) is 5.69 Å². The van der Waals surface area contributed by atoms with Crippen LogP contribution in [-0.4, -0.2) is 32.7 Å². The smallest absolute Gasteiger partial charge is 0.228 e. The van der Waals surface area contributed by atoms with E-state index in [1.165, 1.54) is 5.56 Å². The van der Waals surface area contributed by atoms with Crippen LogP contribution in [0.15, 0.2) is 24.3 Å². The molecule has 19 heavy (non-hydrogen) atoms. The molecule has 0 bridgehead atoms. The van der Waals surface area contributed by atoms with Gasteiger partial charge in [-0.05, 0) is 24.0 Å². The lowest BCUT2D eigenvalue weighted by Crippen LogP contribution is -2.39. The molecule has 1 fully saturated rings. The Hall–Kier alpha value is -1.39. The Morgan fingerprint density at radius 1 is 1.42 bits per heavy atom. The predicted octanol–water partition coefficient (Wildman–Crippen LogP) is 1.72. The van der Waals surface area contributed by atoms with Crippen LogP contribution < -0.4 is 10.2 Å². The maximum Gasteiger partial charge on any atom is 0.228 e. The number of nitrogens with one attached hydrogen (secondary N) is 1. The molecule has 1 saturated heterocycles. The zero-order valence-electron chi connectivity index (χ0n) is 11.3. The van der Waals surface area contributed by atoms with Crippen LogP contribution in [0.25, 0.3) is 0 Å². The highest BCUT2D eigenvalue weighted by molar-refractivity contribution is 5.96. The van der Waals surface area contributed by atoms with Gasteiger partial charge in [-0.3, -0.25) is 4.79 Å². The number of ether oxygens (including phenoxy) is 1. The third kappa shape index (κ3) is 2.51. The highest BCUT2D eigenvalue weighted by Crippen LogP contribution is 2.33. The number of benzene rings is 1. The maximum absolute atomic E-state index is 12.0. The van der Waals surface area contributed by atoms with Crippen molar-refractivity contribution < 1.29 is 9.53 Å². The summed E-state index contributed by atoms with van der Waals surface area (Å²) in [6.07, 6.45) is 1.66. The summed E-state index contributed by atoms with van der Waals surface area (Å²) in [7, 11) is 1.85. The molecule has 0 saturated carbocycles. The summed E-state index contributed by atoms with van der Waals surface area (Å²) in [5.74, 6) is 0.765. The van der Waals surface area contributed by atoms with Crippen LogP contribution in [0, 0.1) is 5.92 Å². The molecule has 2 aliphatic heterocycles. The molecule has 102 valence electrons. The number of carbonyl (C=O) groups is 1. The molecule has 1 amide bonds. The van der Waals surface area contributed by atoms with Crippen LogP contribution in [0.5, 0.6) is 0 Å².